The van der Waals surface area contributed by atoms with Crippen LogP contribution >= 0.6 is 0 Å². The zero-order valence-electron chi connectivity index (χ0n) is 18.5. The number of phenols is 8. The standard InChI is InChI=1S/C13H9NO4.C12H9NO6/c15-10-2-1-8-7(13(10)18)3-6-4-11(16)12(17)5-9(6)14-8;14-7-1-5-11(3-9(7)16)19-12-4-10(17)8(15)2-6(12)13(5)18/h1-5,15-18H;1-4,14-18H. The highest BCUT2D eigenvalue weighted by molar-refractivity contribution is 5.98. The molecule has 0 aliphatic carbocycles. The minimum atomic E-state index is -0.423. The van der Waals surface area contributed by atoms with Crippen LogP contribution in [0.5, 0.6) is 57.5 Å². The van der Waals surface area contributed by atoms with E-state index >= 15 is 0 Å². The third kappa shape index (κ3) is 3.92. The molecule has 0 spiro atoms. The van der Waals surface area contributed by atoms with Gasteiger partial charge in [0.2, 0.25) is 0 Å². The van der Waals surface area contributed by atoms with E-state index in [-0.39, 0.29) is 45.9 Å². The minimum absolute atomic E-state index is 0.0906. The average molecular weight is 506 g/mol. The largest absolute Gasteiger partial charge is 0.504 e. The van der Waals surface area contributed by atoms with E-state index in [0.717, 1.165) is 24.3 Å². The number of anilines is 2. The number of nitrogens with zero attached hydrogens (tertiary/aromatic N) is 2. The lowest BCUT2D eigenvalue weighted by molar-refractivity contribution is 0.282. The molecule has 0 bridgehead atoms. The van der Waals surface area contributed by atoms with Gasteiger partial charge in [-0.3, -0.25) is 5.21 Å². The van der Waals surface area contributed by atoms with Gasteiger partial charge in [-0.2, -0.15) is 0 Å². The maximum absolute atomic E-state index is 10.0. The van der Waals surface area contributed by atoms with Gasteiger partial charge in [0, 0.05) is 41.1 Å². The summed E-state index contributed by atoms with van der Waals surface area (Å²) in [5.41, 5.74) is 1.16. The molecule has 188 valence electrons. The Kier molecular flexibility index (Phi) is 5.23. The first kappa shape index (κ1) is 23.3. The molecule has 0 saturated heterocycles. The normalized spacial score (nSPS) is 11.9. The molecule has 0 radical (unpaired) electrons. The molecule has 0 saturated carbocycles. The molecule has 2 heterocycles. The second-order valence-corrected chi connectivity index (χ2v) is 8.05. The topological polar surface area (TPSA) is 207 Å². The fraction of sp³-hybridized carbons (Fsp3) is 0. The molecule has 0 amide bonds. The molecule has 5 aromatic rings. The second-order valence-electron chi connectivity index (χ2n) is 8.05. The number of hydrogen-bond acceptors (Lipinski definition) is 12. The monoisotopic (exact) mass is 506 g/mol. The van der Waals surface area contributed by atoms with Crippen LogP contribution in [0.2, 0.25) is 0 Å². The highest BCUT2D eigenvalue weighted by atomic mass is 16.5. The lowest BCUT2D eigenvalue weighted by Gasteiger charge is -2.28. The van der Waals surface area contributed by atoms with Gasteiger partial charge in [-0.25, -0.2) is 10.0 Å². The van der Waals surface area contributed by atoms with E-state index in [1.165, 1.54) is 18.2 Å². The quantitative estimate of drug-likeness (QED) is 0.106. The van der Waals surface area contributed by atoms with E-state index in [4.69, 9.17) is 4.74 Å². The lowest BCUT2D eigenvalue weighted by atomic mass is 10.1. The molecule has 37 heavy (non-hydrogen) atoms. The summed E-state index contributed by atoms with van der Waals surface area (Å²) in [5.74, 6) is -2.47. The van der Waals surface area contributed by atoms with Crippen LogP contribution in [0.3, 0.4) is 0 Å². The van der Waals surface area contributed by atoms with Gasteiger partial charge >= 0.3 is 0 Å². The van der Waals surface area contributed by atoms with Gasteiger partial charge in [0.1, 0.15) is 11.4 Å². The predicted octanol–water partition coefficient (Wildman–Crippen LogP) is 4.35. The minimum Gasteiger partial charge on any atom is -0.504 e. The molecule has 0 unspecified atom stereocenters. The van der Waals surface area contributed by atoms with E-state index < -0.39 is 23.0 Å². The second kappa shape index (κ2) is 8.32. The summed E-state index contributed by atoms with van der Waals surface area (Å²) < 4.78 is 5.38. The Morgan fingerprint density at radius 1 is 0.541 bits per heavy atom. The number of pyridine rings is 1. The molecular weight excluding hydrogens is 488 g/mol. The van der Waals surface area contributed by atoms with Crippen molar-refractivity contribution in [1.82, 2.24) is 4.98 Å². The summed E-state index contributed by atoms with van der Waals surface area (Å²) in [7, 11) is 0. The maximum atomic E-state index is 10.0. The molecule has 12 heteroatoms. The number of ether oxygens (including phenoxy) is 1. The van der Waals surface area contributed by atoms with E-state index in [0.29, 0.717) is 26.9 Å². The van der Waals surface area contributed by atoms with Crippen LogP contribution in [0, 0.1) is 0 Å². The summed E-state index contributed by atoms with van der Waals surface area (Å²) >= 11 is 0. The first-order valence-corrected chi connectivity index (χ1v) is 10.5. The average Bonchev–Trinajstić information content (AvgIpc) is 2.85. The SMILES string of the molecule is Oc1cc2c(cc1O)N(O)c1cc(O)c(O)cc1O2.Oc1cc2cc3c(O)c(O)ccc3nc2cc1O. The van der Waals surface area contributed by atoms with E-state index in [2.05, 4.69) is 4.98 Å². The summed E-state index contributed by atoms with van der Waals surface area (Å²) in [6.07, 6.45) is 0. The highest BCUT2D eigenvalue weighted by Crippen LogP contribution is 2.51. The number of rotatable bonds is 0. The molecular formula is C25H18N2O10. The van der Waals surface area contributed by atoms with Crippen molar-refractivity contribution in [1.29, 1.82) is 0 Å². The molecule has 0 atom stereocenters. The molecule has 1 aliphatic heterocycles. The third-order valence-electron chi connectivity index (χ3n) is 5.63. The Labute approximate surface area is 206 Å². The van der Waals surface area contributed by atoms with E-state index in [1.807, 2.05) is 0 Å². The number of benzene rings is 4. The Bertz CT molecular complexity index is 1660. The molecule has 12 nitrogen and oxygen atoms in total. The summed E-state index contributed by atoms with van der Waals surface area (Å²) in [6.45, 7) is 0. The van der Waals surface area contributed by atoms with Crippen molar-refractivity contribution < 1.29 is 50.8 Å². The smallest absolute Gasteiger partial charge is 0.167 e. The number of hydrogen-bond donors (Lipinski definition) is 9. The maximum Gasteiger partial charge on any atom is 0.167 e. The van der Waals surface area contributed by atoms with Crippen molar-refractivity contribution in [2.75, 3.05) is 5.06 Å². The fourth-order valence-electron chi connectivity index (χ4n) is 3.74. The molecule has 1 aliphatic rings. The summed E-state index contributed by atoms with van der Waals surface area (Å²) in [5, 5.41) is 87.2. The number of phenolic OH excluding ortho intramolecular Hbond substituents is 8. The first-order chi connectivity index (χ1) is 17.5. The molecule has 0 fully saturated rings. The first-order valence-electron chi connectivity index (χ1n) is 10.5. The van der Waals surface area contributed by atoms with Crippen LogP contribution in [0.4, 0.5) is 11.4 Å². The van der Waals surface area contributed by atoms with Crippen LogP contribution in [0.15, 0.2) is 54.6 Å². The van der Waals surface area contributed by atoms with Crippen molar-refractivity contribution in [3.63, 3.8) is 0 Å². The molecule has 6 rings (SSSR count). The Morgan fingerprint density at radius 2 is 1.05 bits per heavy atom. The van der Waals surface area contributed by atoms with Crippen molar-refractivity contribution in [3.8, 4) is 57.5 Å². The van der Waals surface area contributed by atoms with Crippen LogP contribution in [-0.4, -0.2) is 51.0 Å². The fourth-order valence-corrected chi connectivity index (χ4v) is 3.74. The lowest BCUT2D eigenvalue weighted by Crippen LogP contribution is -2.16. The Hall–Kier alpha value is -5.49. The molecule has 9 N–H and O–H groups in total. The van der Waals surface area contributed by atoms with Gasteiger partial charge in [-0.1, -0.05) is 0 Å². The van der Waals surface area contributed by atoms with Crippen molar-refractivity contribution in [2.24, 2.45) is 0 Å². The van der Waals surface area contributed by atoms with E-state index in [9.17, 15) is 46.1 Å². The zero-order chi connectivity index (χ0) is 26.6. The van der Waals surface area contributed by atoms with Crippen molar-refractivity contribution in [3.05, 3.63) is 54.6 Å². The number of aromatic hydroxyl groups is 8. The molecule has 1 aromatic heterocycles. The third-order valence-corrected chi connectivity index (χ3v) is 5.63. The van der Waals surface area contributed by atoms with Crippen LogP contribution in [0.25, 0.3) is 21.8 Å². The van der Waals surface area contributed by atoms with Crippen LogP contribution in [0.1, 0.15) is 0 Å². The van der Waals surface area contributed by atoms with Gasteiger partial charge < -0.3 is 45.6 Å². The van der Waals surface area contributed by atoms with Crippen molar-refractivity contribution in [2.45, 2.75) is 0 Å². The number of fused-ring (bicyclic) bond motifs is 4. The Morgan fingerprint density at radius 3 is 1.65 bits per heavy atom. The summed E-state index contributed by atoms with van der Waals surface area (Å²) in [4.78, 5) is 4.24. The van der Waals surface area contributed by atoms with Gasteiger partial charge in [0.25, 0.3) is 0 Å². The van der Waals surface area contributed by atoms with Gasteiger partial charge in [0.05, 0.1) is 11.0 Å². The van der Waals surface area contributed by atoms with Gasteiger partial charge in [-0.15, -0.1) is 0 Å². The van der Waals surface area contributed by atoms with Gasteiger partial charge in [0.15, 0.2) is 57.5 Å². The Balaban J connectivity index is 0.000000152. The summed E-state index contributed by atoms with van der Waals surface area (Å²) in [6, 6.07) is 11.7. The highest BCUT2D eigenvalue weighted by Gasteiger charge is 2.27. The zero-order valence-corrected chi connectivity index (χ0v) is 18.5. The van der Waals surface area contributed by atoms with Crippen molar-refractivity contribution >= 4 is 33.2 Å². The van der Waals surface area contributed by atoms with E-state index in [1.54, 1.807) is 12.1 Å². The number of aromatic nitrogens is 1. The predicted molar refractivity (Wildman–Crippen MR) is 129 cm³/mol. The van der Waals surface area contributed by atoms with Crippen LogP contribution in [-0.2, 0) is 0 Å². The van der Waals surface area contributed by atoms with Gasteiger partial charge in [-0.05, 0) is 24.3 Å². The van der Waals surface area contributed by atoms with Crippen LogP contribution < -0.4 is 9.80 Å². The molecule has 4 aromatic carbocycles.